The minimum atomic E-state index is -0.712. The van der Waals surface area contributed by atoms with Crippen molar-refractivity contribution >= 4 is 11.9 Å². The molecular formula is C22H30FN3O4. The normalized spacial score (nSPS) is 29.9. The monoisotopic (exact) mass is 419 g/mol. The molecule has 4 rings (SSSR count). The zero-order chi connectivity index (χ0) is 21.1. The van der Waals surface area contributed by atoms with Crippen molar-refractivity contribution in [1.82, 2.24) is 14.8 Å². The largest absolute Gasteiger partial charge is 0.466 e. The topological polar surface area (TPSA) is 72.0 Å². The number of morpholine rings is 1. The van der Waals surface area contributed by atoms with Crippen LogP contribution in [0.1, 0.15) is 43.0 Å². The molecule has 3 fully saturated rings. The first kappa shape index (κ1) is 21.2. The lowest BCUT2D eigenvalue weighted by atomic mass is 9.61. The van der Waals surface area contributed by atoms with Gasteiger partial charge in [-0.3, -0.25) is 19.5 Å². The molecule has 8 heteroatoms. The van der Waals surface area contributed by atoms with Gasteiger partial charge in [0, 0.05) is 38.4 Å². The average molecular weight is 419 g/mol. The van der Waals surface area contributed by atoms with Crippen LogP contribution in [0.2, 0.25) is 0 Å². The van der Waals surface area contributed by atoms with Gasteiger partial charge in [-0.15, -0.1) is 0 Å². The molecule has 164 valence electrons. The number of carbonyl (C=O) groups excluding carboxylic acids is 2. The second-order valence-corrected chi connectivity index (χ2v) is 8.52. The fraction of sp³-hybridized carbons (Fsp3) is 0.682. The van der Waals surface area contributed by atoms with Gasteiger partial charge in [0.2, 0.25) is 0 Å². The number of likely N-dealkylation sites (tertiary alicyclic amines) is 1. The van der Waals surface area contributed by atoms with Crippen LogP contribution in [-0.2, 0) is 14.3 Å². The van der Waals surface area contributed by atoms with Crippen LogP contribution in [0.25, 0.3) is 0 Å². The Labute approximate surface area is 176 Å². The molecule has 0 aromatic carbocycles. The fourth-order valence-electron chi connectivity index (χ4n) is 5.41. The van der Waals surface area contributed by atoms with Crippen molar-refractivity contribution in [2.24, 2.45) is 11.3 Å². The van der Waals surface area contributed by atoms with Crippen molar-refractivity contribution in [2.75, 3.05) is 46.0 Å². The third-order valence-electron chi connectivity index (χ3n) is 7.02. The lowest BCUT2D eigenvalue weighted by molar-refractivity contribution is -0.168. The average Bonchev–Trinajstić information content (AvgIpc) is 2.79. The lowest BCUT2D eigenvalue weighted by Crippen LogP contribution is -2.59. The van der Waals surface area contributed by atoms with Crippen molar-refractivity contribution in [1.29, 1.82) is 0 Å². The number of carbonyl (C=O) groups is 2. The van der Waals surface area contributed by atoms with E-state index in [0.717, 1.165) is 51.8 Å². The Morgan fingerprint density at radius 1 is 1.30 bits per heavy atom. The summed E-state index contributed by atoms with van der Waals surface area (Å²) in [4.78, 5) is 34.0. The summed E-state index contributed by atoms with van der Waals surface area (Å²) in [5.41, 5.74) is -0.708. The molecule has 30 heavy (non-hydrogen) atoms. The van der Waals surface area contributed by atoms with Crippen molar-refractivity contribution in [3.63, 3.8) is 0 Å². The molecule has 3 aliphatic rings. The molecule has 1 aromatic heterocycles. The summed E-state index contributed by atoms with van der Waals surface area (Å²) in [6.07, 6.45) is 5.68. The second-order valence-electron chi connectivity index (χ2n) is 8.52. The van der Waals surface area contributed by atoms with E-state index in [1.54, 1.807) is 11.8 Å². The number of pyridine rings is 1. The van der Waals surface area contributed by atoms with Gasteiger partial charge in [-0.25, -0.2) is 4.39 Å². The van der Waals surface area contributed by atoms with E-state index in [1.165, 1.54) is 12.3 Å². The Bertz CT molecular complexity index is 785. The molecule has 0 radical (unpaired) electrons. The van der Waals surface area contributed by atoms with Crippen LogP contribution in [0.4, 0.5) is 4.39 Å². The third kappa shape index (κ3) is 3.95. The predicted molar refractivity (Wildman–Crippen MR) is 107 cm³/mol. The number of amides is 1. The standard InChI is InChI=1S/C22H30FN3O4/c1-2-30-21(28)22-6-3-17(25-9-11-29-12-10-25)13-16(22)5-8-26(15-22)20(27)18-4-7-24-14-19(18)23/h4,7,14,16-17H,2-3,5-6,8-13,15H2,1H3/t16-,17-,22-/m1/s1. The molecule has 2 aliphatic heterocycles. The van der Waals surface area contributed by atoms with Gasteiger partial charge in [-0.2, -0.15) is 0 Å². The molecule has 1 amide bonds. The summed E-state index contributed by atoms with van der Waals surface area (Å²) >= 11 is 0. The maximum absolute atomic E-state index is 14.1. The van der Waals surface area contributed by atoms with E-state index >= 15 is 0 Å². The van der Waals surface area contributed by atoms with Gasteiger partial charge in [0.25, 0.3) is 5.91 Å². The number of hydrogen-bond donors (Lipinski definition) is 0. The van der Waals surface area contributed by atoms with Gasteiger partial charge in [0.1, 0.15) is 0 Å². The van der Waals surface area contributed by atoms with Crippen LogP contribution < -0.4 is 0 Å². The molecule has 0 N–H and O–H groups in total. The van der Waals surface area contributed by atoms with Crippen molar-refractivity contribution < 1.29 is 23.5 Å². The van der Waals surface area contributed by atoms with E-state index in [2.05, 4.69) is 9.88 Å². The number of aromatic nitrogens is 1. The maximum Gasteiger partial charge on any atom is 0.314 e. The van der Waals surface area contributed by atoms with Gasteiger partial charge in [-0.05, 0) is 44.6 Å². The highest BCUT2D eigenvalue weighted by atomic mass is 19.1. The Kier molecular flexibility index (Phi) is 6.34. The number of ether oxygens (including phenoxy) is 2. The van der Waals surface area contributed by atoms with Gasteiger partial charge >= 0.3 is 5.97 Å². The second kappa shape index (κ2) is 8.98. The molecule has 7 nitrogen and oxygen atoms in total. The molecule has 1 saturated carbocycles. The number of rotatable bonds is 4. The Morgan fingerprint density at radius 3 is 2.83 bits per heavy atom. The number of nitrogens with zero attached hydrogens (tertiary/aromatic N) is 3. The minimum absolute atomic E-state index is 0.00413. The molecule has 0 spiro atoms. The van der Waals surface area contributed by atoms with Gasteiger partial charge in [0.15, 0.2) is 5.82 Å². The highest BCUT2D eigenvalue weighted by Crippen LogP contribution is 2.48. The van der Waals surface area contributed by atoms with E-state index in [9.17, 15) is 14.0 Å². The zero-order valence-corrected chi connectivity index (χ0v) is 17.5. The van der Waals surface area contributed by atoms with Crippen LogP contribution in [0.15, 0.2) is 18.5 Å². The highest BCUT2D eigenvalue weighted by molar-refractivity contribution is 5.95. The first-order chi connectivity index (χ1) is 14.5. The molecule has 0 unspecified atom stereocenters. The summed E-state index contributed by atoms with van der Waals surface area (Å²) in [5.74, 6) is -1.08. The lowest BCUT2D eigenvalue weighted by Gasteiger charge is -2.52. The SMILES string of the molecule is CCOC(=O)[C@@]12CC[C@@H](N3CCOCC3)C[C@H]1CCN(C(=O)c1ccncc1F)C2. The quantitative estimate of drug-likeness (QED) is 0.697. The third-order valence-corrected chi connectivity index (χ3v) is 7.02. The predicted octanol–water partition coefficient (Wildman–Crippen LogP) is 2.12. The van der Waals surface area contributed by atoms with E-state index < -0.39 is 11.2 Å². The summed E-state index contributed by atoms with van der Waals surface area (Å²) in [6, 6.07) is 1.83. The van der Waals surface area contributed by atoms with Crippen LogP contribution >= 0.6 is 0 Å². The van der Waals surface area contributed by atoms with Crippen LogP contribution in [0.3, 0.4) is 0 Å². The minimum Gasteiger partial charge on any atom is -0.466 e. The maximum atomic E-state index is 14.1. The molecule has 2 saturated heterocycles. The van der Waals surface area contributed by atoms with Crippen molar-refractivity contribution in [2.45, 2.75) is 38.6 Å². The molecule has 1 aliphatic carbocycles. The number of hydrogen-bond acceptors (Lipinski definition) is 6. The number of piperidine rings is 1. The van der Waals surface area contributed by atoms with E-state index in [4.69, 9.17) is 9.47 Å². The zero-order valence-electron chi connectivity index (χ0n) is 17.5. The molecule has 0 bridgehead atoms. The van der Waals surface area contributed by atoms with Crippen LogP contribution in [0, 0.1) is 17.2 Å². The summed E-state index contributed by atoms with van der Waals surface area (Å²) in [6.45, 7) is 6.28. The molecule has 1 aromatic rings. The van der Waals surface area contributed by atoms with Gasteiger partial charge < -0.3 is 14.4 Å². The van der Waals surface area contributed by atoms with E-state index in [0.29, 0.717) is 25.6 Å². The van der Waals surface area contributed by atoms with Crippen LogP contribution in [0.5, 0.6) is 0 Å². The highest BCUT2D eigenvalue weighted by Gasteiger charge is 2.54. The number of halogens is 1. The van der Waals surface area contributed by atoms with E-state index in [-0.39, 0.29) is 29.9 Å². The smallest absolute Gasteiger partial charge is 0.314 e. The molecular weight excluding hydrogens is 389 g/mol. The van der Waals surface area contributed by atoms with Crippen molar-refractivity contribution in [3.8, 4) is 0 Å². The van der Waals surface area contributed by atoms with Gasteiger partial charge in [-0.1, -0.05) is 0 Å². The Hall–Kier alpha value is -2.06. The Balaban J connectivity index is 1.54. The Morgan fingerprint density at radius 2 is 2.10 bits per heavy atom. The number of esters is 1. The van der Waals surface area contributed by atoms with Gasteiger partial charge in [0.05, 0.1) is 37.0 Å². The summed E-state index contributed by atoms with van der Waals surface area (Å²) in [7, 11) is 0. The number of fused-ring (bicyclic) bond motifs is 1. The fourth-order valence-corrected chi connectivity index (χ4v) is 5.41. The molecule has 3 heterocycles. The summed E-state index contributed by atoms with van der Waals surface area (Å²) < 4.78 is 25.1. The first-order valence-electron chi connectivity index (χ1n) is 10.9. The van der Waals surface area contributed by atoms with Crippen LogP contribution in [-0.4, -0.2) is 78.7 Å². The summed E-state index contributed by atoms with van der Waals surface area (Å²) in [5, 5.41) is 0. The first-order valence-corrected chi connectivity index (χ1v) is 10.9. The molecule has 3 atom stereocenters. The van der Waals surface area contributed by atoms with Crippen molar-refractivity contribution in [3.05, 3.63) is 29.8 Å². The van der Waals surface area contributed by atoms with E-state index in [1.807, 2.05) is 0 Å².